The van der Waals surface area contributed by atoms with Crippen LogP contribution >= 0.6 is 15.9 Å². The number of nitrogens with one attached hydrogen (secondary N) is 1. The van der Waals surface area contributed by atoms with Crippen molar-refractivity contribution in [2.45, 2.75) is 44.1 Å². The van der Waals surface area contributed by atoms with Crippen molar-refractivity contribution in [1.82, 2.24) is 0 Å². The predicted molar refractivity (Wildman–Crippen MR) is 80.5 cm³/mol. The molecule has 2 N–H and O–H groups in total. The van der Waals surface area contributed by atoms with Gasteiger partial charge in [0, 0.05) is 4.47 Å². The number of carboxylic acids is 1. The maximum atomic E-state index is 11.8. The van der Waals surface area contributed by atoms with Gasteiger partial charge in [0.1, 0.15) is 11.6 Å². The Kier molecular flexibility index (Phi) is 4.66. The van der Waals surface area contributed by atoms with Gasteiger partial charge in [-0.25, -0.2) is 4.79 Å². The highest BCUT2D eigenvalue weighted by atomic mass is 79.9. The summed E-state index contributed by atoms with van der Waals surface area (Å²) in [6, 6.07) is 7.47. The maximum Gasteiger partial charge on any atom is 0.329 e. The molecule has 0 spiro atoms. The number of hydrogen-bond acceptors (Lipinski definition) is 3. The summed E-state index contributed by atoms with van der Waals surface area (Å²) < 4.78 is 0.680. The Morgan fingerprint density at radius 2 is 1.95 bits per heavy atom. The van der Waals surface area contributed by atoms with E-state index in [2.05, 4.69) is 27.3 Å². The van der Waals surface area contributed by atoms with Gasteiger partial charge >= 0.3 is 5.97 Å². The molecule has 0 heterocycles. The van der Waals surface area contributed by atoms with E-state index in [1.54, 1.807) is 18.2 Å². The van der Waals surface area contributed by atoms with E-state index in [4.69, 9.17) is 0 Å². The number of halogens is 1. The summed E-state index contributed by atoms with van der Waals surface area (Å²) in [5.41, 5.74) is 0.0895. The first-order valence-corrected chi connectivity index (χ1v) is 7.58. The van der Waals surface area contributed by atoms with Crippen LogP contribution in [-0.2, 0) is 4.79 Å². The highest BCUT2D eigenvalue weighted by Gasteiger charge is 2.39. The summed E-state index contributed by atoms with van der Waals surface area (Å²) in [4.78, 5) is 11.8. The van der Waals surface area contributed by atoms with Gasteiger partial charge in [-0.1, -0.05) is 31.7 Å². The van der Waals surface area contributed by atoms with Gasteiger partial charge < -0.3 is 10.4 Å². The fourth-order valence-corrected chi connectivity index (χ4v) is 3.18. The summed E-state index contributed by atoms with van der Waals surface area (Å²) in [6.07, 6.45) is 5.13. The molecular formula is C15H17BrN2O2. The van der Waals surface area contributed by atoms with Crippen LogP contribution in [0, 0.1) is 11.3 Å². The van der Waals surface area contributed by atoms with Crippen LogP contribution in [0.5, 0.6) is 0 Å². The average Bonchev–Trinajstić information content (AvgIpc) is 2.66. The van der Waals surface area contributed by atoms with Crippen LogP contribution < -0.4 is 5.32 Å². The van der Waals surface area contributed by atoms with Crippen molar-refractivity contribution in [2.24, 2.45) is 0 Å². The zero-order valence-electron chi connectivity index (χ0n) is 11.2. The minimum absolute atomic E-state index is 0.456. The Morgan fingerprint density at radius 1 is 1.30 bits per heavy atom. The molecule has 0 radical (unpaired) electrons. The molecule has 0 amide bonds. The van der Waals surface area contributed by atoms with Crippen LogP contribution in [0.15, 0.2) is 22.7 Å². The monoisotopic (exact) mass is 336 g/mol. The summed E-state index contributed by atoms with van der Waals surface area (Å²) in [6.45, 7) is 0. The van der Waals surface area contributed by atoms with Crippen LogP contribution in [0.2, 0.25) is 0 Å². The molecule has 0 atom stereocenters. The van der Waals surface area contributed by atoms with E-state index in [1.807, 2.05) is 0 Å². The molecule has 1 aromatic rings. The third-order valence-corrected chi connectivity index (χ3v) is 4.53. The van der Waals surface area contributed by atoms with Crippen molar-refractivity contribution in [3.05, 3.63) is 28.2 Å². The molecule has 4 nitrogen and oxygen atoms in total. The first-order chi connectivity index (χ1) is 9.59. The maximum absolute atomic E-state index is 11.8. The largest absolute Gasteiger partial charge is 0.480 e. The van der Waals surface area contributed by atoms with Crippen molar-refractivity contribution >= 4 is 27.6 Å². The first-order valence-electron chi connectivity index (χ1n) is 6.79. The zero-order valence-corrected chi connectivity index (χ0v) is 12.7. The lowest BCUT2D eigenvalue weighted by atomic mass is 9.89. The molecular weight excluding hydrogens is 320 g/mol. The molecule has 0 unspecified atom stereocenters. The number of hydrogen-bond donors (Lipinski definition) is 2. The summed E-state index contributed by atoms with van der Waals surface area (Å²) in [5, 5.41) is 22.0. The van der Waals surface area contributed by atoms with E-state index in [-0.39, 0.29) is 0 Å². The second kappa shape index (κ2) is 6.27. The smallest absolute Gasteiger partial charge is 0.329 e. The van der Waals surface area contributed by atoms with Crippen LogP contribution in [0.3, 0.4) is 0 Å². The fraction of sp³-hybridized carbons (Fsp3) is 0.467. The lowest BCUT2D eigenvalue weighted by Gasteiger charge is -2.31. The van der Waals surface area contributed by atoms with E-state index >= 15 is 0 Å². The number of nitriles is 1. The molecule has 106 valence electrons. The Balaban J connectivity index is 2.36. The number of benzene rings is 1. The van der Waals surface area contributed by atoms with Gasteiger partial charge in [0.2, 0.25) is 0 Å². The molecule has 0 saturated heterocycles. The number of anilines is 1. The lowest BCUT2D eigenvalue weighted by molar-refractivity contribution is -0.142. The SMILES string of the molecule is N#Cc1c(Br)cccc1NC1(C(=O)O)CCCCCC1. The van der Waals surface area contributed by atoms with E-state index in [9.17, 15) is 15.2 Å². The lowest BCUT2D eigenvalue weighted by Crippen LogP contribution is -2.46. The predicted octanol–water partition coefficient (Wildman–Crippen LogP) is 3.91. The van der Waals surface area contributed by atoms with Gasteiger partial charge in [-0.2, -0.15) is 5.26 Å². The Morgan fingerprint density at radius 3 is 2.50 bits per heavy atom. The molecule has 20 heavy (non-hydrogen) atoms. The summed E-state index contributed by atoms with van der Waals surface area (Å²) in [5.74, 6) is -0.830. The first kappa shape index (κ1) is 14.9. The number of aliphatic carboxylic acids is 1. The average molecular weight is 337 g/mol. The molecule has 1 aliphatic carbocycles. The molecule has 2 rings (SSSR count). The quantitative estimate of drug-likeness (QED) is 0.820. The third-order valence-electron chi connectivity index (χ3n) is 3.87. The minimum atomic E-state index is -0.955. The minimum Gasteiger partial charge on any atom is -0.480 e. The number of carboxylic acid groups (broad SMARTS) is 1. The topological polar surface area (TPSA) is 73.1 Å². The van der Waals surface area contributed by atoms with Crippen LogP contribution in [0.4, 0.5) is 5.69 Å². The molecule has 0 bridgehead atoms. The number of nitrogens with zero attached hydrogens (tertiary/aromatic N) is 1. The van der Waals surface area contributed by atoms with E-state index in [1.165, 1.54) is 0 Å². The molecule has 1 aromatic carbocycles. The highest BCUT2D eigenvalue weighted by Crippen LogP contribution is 2.33. The highest BCUT2D eigenvalue weighted by molar-refractivity contribution is 9.10. The summed E-state index contributed by atoms with van der Waals surface area (Å²) >= 11 is 3.33. The van der Waals surface area contributed by atoms with E-state index in [0.29, 0.717) is 28.6 Å². The second-order valence-electron chi connectivity index (χ2n) is 5.20. The van der Waals surface area contributed by atoms with Crippen LogP contribution in [0.25, 0.3) is 0 Å². The number of carbonyl (C=O) groups is 1. The van der Waals surface area contributed by atoms with Crippen molar-refractivity contribution in [2.75, 3.05) is 5.32 Å². The Bertz CT molecular complexity index is 543. The normalized spacial score (nSPS) is 17.8. The molecule has 1 fully saturated rings. The van der Waals surface area contributed by atoms with E-state index in [0.717, 1.165) is 25.7 Å². The van der Waals surface area contributed by atoms with Gasteiger partial charge in [0.25, 0.3) is 0 Å². The fourth-order valence-electron chi connectivity index (χ4n) is 2.72. The molecule has 5 heteroatoms. The van der Waals surface area contributed by atoms with E-state index < -0.39 is 11.5 Å². The van der Waals surface area contributed by atoms with Crippen LogP contribution in [0.1, 0.15) is 44.1 Å². The molecule has 0 aliphatic heterocycles. The van der Waals surface area contributed by atoms with Crippen molar-refractivity contribution in [1.29, 1.82) is 5.26 Å². The second-order valence-corrected chi connectivity index (χ2v) is 6.06. The van der Waals surface area contributed by atoms with Gasteiger partial charge in [-0.15, -0.1) is 0 Å². The van der Waals surface area contributed by atoms with Crippen LogP contribution in [-0.4, -0.2) is 16.6 Å². The Labute approximate surface area is 126 Å². The molecule has 1 aliphatic rings. The Hall–Kier alpha value is -1.54. The zero-order chi connectivity index (χ0) is 14.6. The van der Waals surface area contributed by atoms with Crippen molar-refractivity contribution < 1.29 is 9.90 Å². The summed E-state index contributed by atoms with van der Waals surface area (Å²) in [7, 11) is 0. The van der Waals surface area contributed by atoms with Gasteiger partial charge in [0.15, 0.2) is 0 Å². The van der Waals surface area contributed by atoms with Gasteiger partial charge in [-0.05, 0) is 40.9 Å². The third kappa shape index (κ3) is 2.96. The number of rotatable bonds is 3. The van der Waals surface area contributed by atoms with Gasteiger partial charge in [0.05, 0.1) is 11.3 Å². The van der Waals surface area contributed by atoms with Crippen molar-refractivity contribution in [3.63, 3.8) is 0 Å². The standard InChI is InChI=1S/C15H17BrN2O2/c16-12-6-5-7-13(11(12)10-17)18-15(14(19)20)8-3-1-2-4-9-15/h5-7,18H,1-4,8-9H2,(H,19,20). The van der Waals surface area contributed by atoms with Crippen molar-refractivity contribution in [3.8, 4) is 6.07 Å². The van der Waals surface area contributed by atoms with Gasteiger partial charge in [-0.3, -0.25) is 0 Å². The molecule has 0 aromatic heterocycles. The molecule has 1 saturated carbocycles.